The predicted octanol–water partition coefficient (Wildman–Crippen LogP) is 3.55. The topological polar surface area (TPSA) is 76.1 Å². The molecule has 0 fully saturated rings. The minimum Gasteiger partial charge on any atom is -0.494 e. The van der Waals surface area contributed by atoms with Crippen LogP contribution in [0.3, 0.4) is 0 Å². The van der Waals surface area contributed by atoms with Gasteiger partial charge in [0.25, 0.3) is 5.91 Å². The third-order valence-electron chi connectivity index (χ3n) is 3.64. The standard InChI is InChI=1S/C20H20N4O2/c1-2-26-18-8-6-17(7-9-18)24-19-10-5-16(14-22-19)20(25)23-13-15-4-3-11-21-12-15/h3-12,14H,2,13H2,1H3,(H,22,24)(H,23,25). The van der Waals surface area contributed by atoms with Crippen LogP contribution in [0.5, 0.6) is 5.75 Å². The van der Waals surface area contributed by atoms with Gasteiger partial charge in [0.1, 0.15) is 11.6 Å². The van der Waals surface area contributed by atoms with Crippen molar-refractivity contribution in [2.45, 2.75) is 13.5 Å². The zero-order chi connectivity index (χ0) is 18.2. The van der Waals surface area contributed by atoms with Crippen molar-refractivity contribution in [3.63, 3.8) is 0 Å². The zero-order valence-corrected chi connectivity index (χ0v) is 14.5. The van der Waals surface area contributed by atoms with Crippen LogP contribution in [-0.2, 0) is 6.54 Å². The van der Waals surface area contributed by atoms with Crippen LogP contribution < -0.4 is 15.4 Å². The molecule has 1 amide bonds. The minimum atomic E-state index is -0.172. The molecule has 0 bridgehead atoms. The molecule has 0 spiro atoms. The van der Waals surface area contributed by atoms with E-state index in [1.807, 2.05) is 43.3 Å². The first kappa shape index (κ1) is 17.4. The maximum absolute atomic E-state index is 12.2. The molecule has 2 heterocycles. The van der Waals surface area contributed by atoms with Gasteiger partial charge >= 0.3 is 0 Å². The number of ether oxygens (including phenoxy) is 1. The van der Waals surface area contributed by atoms with Crippen molar-refractivity contribution in [1.29, 1.82) is 0 Å². The number of hydrogen-bond acceptors (Lipinski definition) is 5. The third-order valence-corrected chi connectivity index (χ3v) is 3.64. The van der Waals surface area contributed by atoms with Gasteiger partial charge in [0.05, 0.1) is 12.2 Å². The highest BCUT2D eigenvalue weighted by molar-refractivity contribution is 5.94. The molecular weight excluding hydrogens is 328 g/mol. The van der Waals surface area contributed by atoms with E-state index in [-0.39, 0.29) is 5.91 Å². The van der Waals surface area contributed by atoms with Crippen LogP contribution in [0.1, 0.15) is 22.8 Å². The Morgan fingerprint density at radius 1 is 1.08 bits per heavy atom. The van der Waals surface area contributed by atoms with Crippen LogP contribution in [0, 0.1) is 0 Å². The first-order chi connectivity index (χ1) is 12.7. The number of amides is 1. The van der Waals surface area contributed by atoms with Crippen LogP contribution in [-0.4, -0.2) is 22.5 Å². The highest BCUT2D eigenvalue weighted by Gasteiger charge is 2.06. The summed E-state index contributed by atoms with van der Waals surface area (Å²) in [6.45, 7) is 3.02. The van der Waals surface area contributed by atoms with Gasteiger partial charge in [-0.2, -0.15) is 0 Å². The molecule has 0 aliphatic heterocycles. The van der Waals surface area contributed by atoms with Crippen LogP contribution in [0.25, 0.3) is 0 Å². The van der Waals surface area contributed by atoms with E-state index >= 15 is 0 Å². The normalized spacial score (nSPS) is 10.2. The molecule has 6 heteroatoms. The van der Waals surface area contributed by atoms with Crippen LogP contribution in [0.2, 0.25) is 0 Å². The molecule has 0 atom stereocenters. The maximum atomic E-state index is 12.2. The quantitative estimate of drug-likeness (QED) is 0.683. The number of hydrogen-bond donors (Lipinski definition) is 2. The summed E-state index contributed by atoms with van der Waals surface area (Å²) in [5.41, 5.74) is 2.35. The molecule has 1 aromatic carbocycles. The fourth-order valence-corrected chi connectivity index (χ4v) is 2.34. The summed E-state index contributed by atoms with van der Waals surface area (Å²) in [6, 6.07) is 14.9. The summed E-state index contributed by atoms with van der Waals surface area (Å²) in [7, 11) is 0. The van der Waals surface area contributed by atoms with E-state index in [0.29, 0.717) is 24.5 Å². The van der Waals surface area contributed by atoms with Crippen LogP contribution in [0.15, 0.2) is 67.1 Å². The number of nitrogens with zero attached hydrogens (tertiary/aromatic N) is 2. The van der Waals surface area contributed by atoms with Crippen LogP contribution >= 0.6 is 0 Å². The Hall–Kier alpha value is -3.41. The van der Waals surface area contributed by atoms with Crippen molar-refractivity contribution < 1.29 is 9.53 Å². The SMILES string of the molecule is CCOc1ccc(Nc2ccc(C(=O)NCc3cccnc3)cn2)cc1. The van der Waals surface area contributed by atoms with E-state index in [0.717, 1.165) is 17.0 Å². The summed E-state index contributed by atoms with van der Waals surface area (Å²) in [5, 5.41) is 6.04. The second-order valence-corrected chi connectivity index (χ2v) is 5.56. The van der Waals surface area contributed by atoms with Crippen molar-refractivity contribution in [1.82, 2.24) is 15.3 Å². The molecule has 0 unspecified atom stereocenters. The molecule has 0 aliphatic carbocycles. The maximum Gasteiger partial charge on any atom is 0.253 e. The fourth-order valence-electron chi connectivity index (χ4n) is 2.34. The largest absolute Gasteiger partial charge is 0.494 e. The Labute approximate surface area is 152 Å². The lowest BCUT2D eigenvalue weighted by atomic mass is 10.2. The van der Waals surface area contributed by atoms with Gasteiger partial charge in [0, 0.05) is 30.8 Å². The van der Waals surface area contributed by atoms with Crippen LogP contribution in [0.4, 0.5) is 11.5 Å². The third kappa shape index (κ3) is 4.80. The van der Waals surface area contributed by atoms with E-state index in [1.165, 1.54) is 0 Å². The molecule has 3 rings (SSSR count). The van der Waals surface area contributed by atoms with Gasteiger partial charge in [0.15, 0.2) is 0 Å². The second kappa shape index (κ2) is 8.62. The number of rotatable bonds is 7. The molecule has 0 aliphatic rings. The van der Waals surface area contributed by atoms with E-state index in [4.69, 9.17) is 4.74 Å². The average molecular weight is 348 g/mol. The Morgan fingerprint density at radius 3 is 2.58 bits per heavy atom. The number of carbonyl (C=O) groups is 1. The lowest BCUT2D eigenvalue weighted by molar-refractivity contribution is 0.0950. The number of aromatic nitrogens is 2. The molecule has 0 saturated carbocycles. The Morgan fingerprint density at radius 2 is 1.92 bits per heavy atom. The minimum absolute atomic E-state index is 0.172. The van der Waals surface area contributed by atoms with Crippen molar-refractivity contribution in [2.75, 3.05) is 11.9 Å². The van der Waals surface area contributed by atoms with Gasteiger partial charge < -0.3 is 15.4 Å². The predicted molar refractivity (Wildman–Crippen MR) is 101 cm³/mol. The number of benzene rings is 1. The van der Waals surface area contributed by atoms with Gasteiger partial charge in [-0.05, 0) is 55.0 Å². The van der Waals surface area contributed by atoms with E-state index in [1.54, 1.807) is 30.7 Å². The highest BCUT2D eigenvalue weighted by atomic mass is 16.5. The van der Waals surface area contributed by atoms with E-state index in [2.05, 4.69) is 20.6 Å². The number of pyridine rings is 2. The van der Waals surface area contributed by atoms with Gasteiger partial charge in [-0.25, -0.2) is 4.98 Å². The summed E-state index contributed by atoms with van der Waals surface area (Å²) in [4.78, 5) is 20.5. The molecule has 0 saturated heterocycles. The highest BCUT2D eigenvalue weighted by Crippen LogP contribution is 2.19. The lowest BCUT2D eigenvalue weighted by Crippen LogP contribution is -2.22. The zero-order valence-electron chi connectivity index (χ0n) is 14.5. The van der Waals surface area contributed by atoms with Gasteiger partial charge in [-0.3, -0.25) is 9.78 Å². The van der Waals surface area contributed by atoms with E-state index < -0.39 is 0 Å². The summed E-state index contributed by atoms with van der Waals surface area (Å²) >= 11 is 0. The first-order valence-electron chi connectivity index (χ1n) is 8.37. The molecule has 2 aromatic heterocycles. The molecule has 26 heavy (non-hydrogen) atoms. The number of nitrogens with one attached hydrogen (secondary N) is 2. The monoisotopic (exact) mass is 348 g/mol. The van der Waals surface area contributed by atoms with Gasteiger partial charge in [-0.1, -0.05) is 6.07 Å². The average Bonchev–Trinajstić information content (AvgIpc) is 2.69. The summed E-state index contributed by atoms with van der Waals surface area (Å²) in [5.74, 6) is 1.32. The van der Waals surface area contributed by atoms with Gasteiger partial charge in [-0.15, -0.1) is 0 Å². The molecule has 6 nitrogen and oxygen atoms in total. The number of carbonyl (C=O) groups excluding carboxylic acids is 1. The molecule has 0 radical (unpaired) electrons. The van der Waals surface area contributed by atoms with E-state index in [9.17, 15) is 4.79 Å². The molecule has 2 N–H and O–H groups in total. The lowest BCUT2D eigenvalue weighted by Gasteiger charge is -2.08. The smallest absolute Gasteiger partial charge is 0.253 e. The molecule has 3 aromatic rings. The molecular formula is C20H20N4O2. The fraction of sp³-hybridized carbons (Fsp3) is 0.150. The van der Waals surface area contributed by atoms with Crippen molar-refractivity contribution in [3.05, 3.63) is 78.2 Å². The summed E-state index contributed by atoms with van der Waals surface area (Å²) in [6.07, 6.45) is 4.98. The van der Waals surface area contributed by atoms with Gasteiger partial charge in [0.2, 0.25) is 0 Å². The Balaban J connectivity index is 1.56. The molecule has 132 valence electrons. The Bertz CT molecular complexity index is 834. The summed E-state index contributed by atoms with van der Waals surface area (Å²) < 4.78 is 5.42. The Kier molecular flexibility index (Phi) is 5.77. The first-order valence-corrected chi connectivity index (χ1v) is 8.37. The number of anilines is 2. The second-order valence-electron chi connectivity index (χ2n) is 5.56. The van der Waals surface area contributed by atoms with Crippen molar-refractivity contribution in [2.24, 2.45) is 0 Å². The van der Waals surface area contributed by atoms with Crippen molar-refractivity contribution >= 4 is 17.4 Å². The van der Waals surface area contributed by atoms with Crippen molar-refractivity contribution in [3.8, 4) is 5.75 Å².